The van der Waals surface area contributed by atoms with Crippen molar-refractivity contribution in [3.05, 3.63) is 11.6 Å². The smallest absolute Gasteiger partial charge is 0.00398 e. The third-order valence-electron chi connectivity index (χ3n) is 3.18. The molecule has 1 nitrogen and oxygen atoms in total. The average Bonchev–Trinajstić information content (AvgIpc) is 2.07. The van der Waals surface area contributed by atoms with Crippen LogP contribution in [0, 0.1) is 11.8 Å². The number of rotatable bonds is 2. The number of hydrogen-bond acceptors (Lipinski definition) is 1. The second-order valence-electron chi connectivity index (χ2n) is 3.89. The van der Waals surface area contributed by atoms with E-state index in [2.05, 4.69) is 6.08 Å². The van der Waals surface area contributed by atoms with Crippen LogP contribution in [0.3, 0.4) is 0 Å². The summed E-state index contributed by atoms with van der Waals surface area (Å²) in [6, 6.07) is 0. The maximum absolute atomic E-state index is 5.55. The van der Waals surface area contributed by atoms with Crippen molar-refractivity contribution in [1.29, 1.82) is 0 Å². The van der Waals surface area contributed by atoms with Crippen LogP contribution < -0.4 is 5.73 Å². The zero-order valence-corrected chi connectivity index (χ0v) is 7.05. The molecule has 3 aliphatic carbocycles. The number of allylic oxidation sites excluding steroid dienone is 1. The lowest BCUT2D eigenvalue weighted by molar-refractivity contribution is 0.306. The highest BCUT2D eigenvalue weighted by Crippen LogP contribution is 2.41. The number of hydrogen-bond donors (Lipinski definition) is 1. The topological polar surface area (TPSA) is 26.0 Å². The molecule has 11 heavy (non-hydrogen) atoms. The molecule has 2 N–H and O–H groups in total. The molecule has 0 aromatic rings. The second kappa shape index (κ2) is 2.98. The summed E-state index contributed by atoms with van der Waals surface area (Å²) in [5.74, 6) is 1.84. The van der Waals surface area contributed by atoms with E-state index in [-0.39, 0.29) is 0 Å². The van der Waals surface area contributed by atoms with Crippen LogP contribution in [0.5, 0.6) is 0 Å². The summed E-state index contributed by atoms with van der Waals surface area (Å²) in [6.45, 7) is 0.842. The van der Waals surface area contributed by atoms with E-state index in [1.165, 1.54) is 25.7 Å². The van der Waals surface area contributed by atoms with Gasteiger partial charge in [0.25, 0.3) is 0 Å². The highest BCUT2D eigenvalue weighted by Gasteiger charge is 2.27. The summed E-state index contributed by atoms with van der Waals surface area (Å²) in [6.07, 6.45) is 9.43. The SMILES string of the molecule is NCCC1=CC2CCC1CC2. The van der Waals surface area contributed by atoms with Crippen molar-refractivity contribution in [2.24, 2.45) is 17.6 Å². The van der Waals surface area contributed by atoms with E-state index in [0.29, 0.717) is 0 Å². The van der Waals surface area contributed by atoms with Gasteiger partial charge in [-0.15, -0.1) is 0 Å². The molecule has 0 aliphatic heterocycles. The Hall–Kier alpha value is -0.300. The molecule has 0 atom stereocenters. The van der Waals surface area contributed by atoms with Gasteiger partial charge in [-0.1, -0.05) is 11.6 Å². The van der Waals surface area contributed by atoms with Gasteiger partial charge in [0, 0.05) is 0 Å². The Morgan fingerprint density at radius 1 is 1.27 bits per heavy atom. The van der Waals surface area contributed by atoms with E-state index in [4.69, 9.17) is 5.73 Å². The Morgan fingerprint density at radius 2 is 2.00 bits per heavy atom. The van der Waals surface area contributed by atoms with Gasteiger partial charge >= 0.3 is 0 Å². The summed E-state index contributed by atoms with van der Waals surface area (Å²) >= 11 is 0. The molecule has 0 unspecified atom stereocenters. The zero-order valence-electron chi connectivity index (χ0n) is 7.05. The predicted octanol–water partition coefficient (Wildman–Crippen LogP) is 2.08. The Kier molecular flexibility index (Phi) is 1.99. The van der Waals surface area contributed by atoms with Gasteiger partial charge in [0.1, 0.15) is 0 Å². The minimum absolute atomic E-state index is 0.842. The highest BCUT2D eigenvalue weighted by atomic mass is 14.5. The largest absolute Gasteiger partial charge is 0.330 e. The first-order chi connectivity index (χ1) is 5.40. The first-order valence-electron chi connectivity index (χ1n) is 4.81. The molecule has 1 heteroatoms. The summed E-state index contributed by atoms with van der Waals surface area (Å²) in [5.41, 5.74) is 7.23. The Bertz CT molecular complexity index is 164. The fourth-order valence-corrected chi connectivity index (χ4v) is 2.55. The van der Waals surface area contributed by atoms with Gasteiger partial charge in [0.15, 0.2) is 0 Å². The normalized spacial score (nSPS) is 35.5. The molecule has 3 aliphatic rings. The van der Waals surface area contributed by atoms with Crippen LogP contribution in [-0.4, -0.2) is 6.54 Å². The fourth-order valence-electron chi connectivity index (χ4n) is 2.55. The van der Waals surface area contributed by atoms with Gasteiger partial charge in [0.05, 0.1) is 0 Å². The van der Waals surface area contributed by atoms with Crippen LogP contribution in [0.4, 0.5) is 0 Å². The number of nitrogens with two attached hydrogens (primary N) is 1. The van der Waals surface area contributed by atoms with Gasteiger partial charge < -0.3 is 5.73 Å². The van der Waals surface area contributed by atoms with E-state index < -0.39 is 0 Å². The molecule has 0 amide bonds. The second-order valence-corrected chi connectivity index (χ2v) is 3.89. The van der Waals surface area contributed by atoms with Crippen molar-refractivity contribution in [3.8, 4) is 0 Å². The summed E-state index contributed by atoms with van der Waals surface area (Å²) < 4.78 is 0. The Morgan fingerprint density at radius 3 is 2.45 bits per heavy atom. The molecular formula is C10H17N. The predicted molar refractivity (Wildman–Crippen MR) is 47.2 cm³/mol. The van der Waals surface area contributed by atoms with Crippen molar-refractivity contribution in [1.82, 2.24) is 0 Å². The molecule has 0 aromatic heterocycles. The van der Waals surface area contributed by atoms with Crippen LogP contribution in [0.2, 0.25) is 0 Å². The lowest BCUT2D eigenvalue weighted by Crippen LogP contribution is -2.23. The van der Waals surface area contributed by atoms with E-state index in [0.717, 1.165) is 24.8 Å². The molecule has 0 saturated heterocycles. The number of fused-ring (bicyclic) bond motifs is 2. The van der Waals surface area contributed by atoms with Gasteiger partial charge in [-0.2, -0.15) is 0 Å². The van der Waals surface area contributed by atoms with E-state index in [1.54, 1.807) is 5.57 Å². The highest BCUT2D eigenvalue weighted by molar-refractivity contribution is 5.16. The zero-order chi connectivity index (χ0) is 7.68. The van der Waals surface area contributed by atoms with Crippen LogP contribution in [-0.2, 0) is 0 Å². The van der Waals surface area contributed by atoms with Gasteiger partial charge in [-0.05, 0) is 50.5 Å². The van der Waals surface area contributed by atoms with Crippen molar-refractivity contribution in [2.75, 3.05) is 6.54 Å². The van der Waals surface area contributed by atoms with Crippen LogP contribution in [0.25, 0.3) is 0 Å². The summed E-state index contributed by atoms with van der Waals surface area (Å²) in [7, 11) is 0. The molecule has 1 saturated carbocycles. The molecule has 0 radical (unpaired) electrons. The minimum atomic E-state index is 0.842. The molecule has 1 fully saturated rings. The van der Waals surface area contributed by atoms with Crippen LogP contribution in [0.15, 0.2) is 11.6 Å². The van der Waals surface area contributed by atoms with Crippen molar-refractivity contribution < 1.29 is 0 Å². The third kappa shape index (κ3) is 1.34. The van der Waals surface area contributed by atoms with E-state index >= 15 is 0 Å². The van der Waals surface area contributed by atoms with Gasteiger partial charge in [-0.3, -0.25) is 0 Å². The molecule has 3 rings (SSSR count). The molecular weight excluding hydrogens is 134 g/mol. The lowest BCUT2D eigenvalue weighted by Gasteiger charge is -2.35. The molecule has 0 spiro atoms. The lowest BCUT2D eigenvalue weighted by atomic mass is 9.71. The van der Waals surface area contributed by atoms with E-state index in [9.17, 15) is 0 Å². The standard InChI is InChI=1S/C10H17N/c11-6-5-10-7-8-1-3-9(10)4-2-8/h7-9H,1-6,11H2. The van der Waals surface area contributed by atoms with Crippen molar-refractivity contribution in [3.63, 3.8) is 0 Å². The van der Waals surface area contributed by atoms with Crippen LogP contribution >= 0.6 is 0 Å². The maximum Gasteiger partial charge on any atom is -0.00398 e. The Labute approximate surface area is 68.7 Å². The molecule has 62 valence electrons. The average molecular weight is 151 g/mol. The first kappa shape index (κ1) is 7.35. The van der Waals surface area contributed by atoms with Crippen molar-refractivity contribution in [2.45, 2.75) is 32.1 Å². The first-order valence-corrected chi connectivity index (χ1v) is 4.81. The quantitative estimate of drug-likeness (QED) is 0.601. The van der Waals surface area contributed by atoms with Gasteiger partial charge in [0.2, 0.25) is 0 Å². The molecule has 2 bridgehead atoms. The summed E-state index contributed by atoms with van der Waals surface area (Å²) in [5, 5.41) is 0. The molecule has 0 aromatic carbocycles. The summed E-state index contributed by atoms with van der Waals surface area (Å²) in [4.78, 5) is 0. The molecule has 0 heterocycles. The van der Waals surface area contributed by atoms with Crippen molar-refractivity contribution >= 4 is 0 Å². The Balaban J connectivity index is 2.08. The van der Waals surface area contributed by atoms with Crippen LogP contribution in [0.1, 0.15) is 32.1 Å². The minimum Gasteiger partial charge on any atom is -0.330 e. The monoisotopic (exact) mass is 151 g/mol. The van der Waals surface area contributed by atoms with Gasteiger partial charge in [-0.25, -0.2) is 0 Å². The fraction of sp³-hybridized carbons (Fsp3) is 0.800. The maximum atomic E-state index is 5.55. The van der Waals surface area contributed by atoms with E-state index in [1.807, 2.05) is 0 Å². The third-order valence-corrected chi connectivity index (χ3v) is 3.18.